The molecule has 0 saturated carbocycles. The van der Waals surface area contributed by atoms with Gasteiger partial charge in [-0.2, -0.15) is 13.2 Å². The summed E-state index contributed by atoms with van der Waals surface area (Å²) >= 11 is 0. The Kier molecular flexibility index (Phi) is 11.2. The third kappa shape index (κ3) is 7.67. The molecule has 0 spiro atoms. The number of hydrogen-bond donors (Lipinski definition) is 0. The van der Waals surface area contributed by atoms with Crippen LogP contribution in [-0.2, 0) is 6.18 Å². The molecule has 0 radical (unpaired) electrons. The Labute approximate surface area is 481 Å². The molecule has 84 heavy (non-hydrogen) atoms. The molecule has 0 unspecified atom stereocenters. The lowest BCUT2D eigenvalue weighted by Gasteiger charge is -2.31. The van der Waals surface area contributed by atoms with Gasteiger partial charge in [0.25, 0.3) is 0 Å². The summed E-state index contributed by atoms with van der Waals surface area (Å²) in [6, 6.07) is 88.6. The lowest BCUT2D eigenvalue weighted by Crippen LogP contribution is -2.12. The molecule has 0 atom stereocenters. The molecule has 0 aliphatic carbocycles. The Morgan fingerprint density at radius 3 is 1.62 bits per heavy atom. The van der Waals surface area contributed by atoms with Gasteiger partial charge in [-0.15, -0.1) is 0 Å². The summed E-state index contributed by atoms with van der Waals surface area (Å²) in [6.07, 6.45) is -4.61. The van der Waals surface area contributed by atoms with E-state index in [1.165, 1.54) is 17.7 Å². The number of rotatable bonds is 8. The van der Waals surface area contributed by atoms with Crippen molar-refractivity contribution in [1.82, 2.24) is 0 Å². The Morgan fingerprint density at radius 1 is 0.357 bits per heavy atom. The summed E-state index contributed by atoms with van der Waals surface area (Å²) in [4.78, 5) is 2.42. The standard InChI is InChI=1S/C78H50F3NO2/c1-46(2)55-35-20-38-68-70(55)66-43-62(49-24-8-4-9-25-49)64-45-67(82(54-40-39-47-21-12-13-28-51(47)42-54)74-59-33-16-14-31-57(59)69(50-26-10-5-11-27-50)58-32-15-17-34-60(58)74)65-44-63(52-29-18-30-53(41-52)78(79,80)81)76-72(71(65)73(64)77(66)83-68)61-37-19-36-56(75(61)84-76)48-22-6-3-7-23-48/h3-46H,1-2H3. The van der Waals surface area contributed by atoms with Crippen LogP contribution in [0.5, 0.6) is 0 Å². The van der Waals surface area contributed by atoms with E-state index >= 15 is 13.2 Å². The minimum atomic E-state index is -4.61. The molecule has 0 aliphatic rings. The number of furan rings is 2. The van der Waals surface area contributed by atoms with Gasteiger partial charge in [-0.05, 0) is 120 Å². The Bertz CT molecular complexity index is 5270. The number of halogens is 3. The maximum absolute atomic E-state index is 15.1. The number of alkyl halides is 3. The summed E-state index contributed by atoms with van der Waals surface area (Å²) < 4.78 is 60.2. The van der Waals surface area contributed by atoms with Gasteiger partial charge in [-0.1, -0.05) is 226 Å². The fourth-order valence-electron chi connectivity index (χ4n) is 13.5. The van der Waals surface area contributed by atoms with E-state index in [0.29, 0.717) is 27.9 Å². The van der Waals surface area contributed by atoms with Gasteiger partial charge in [0.2, 0.25) is 0 Å². The minimum Gasteiger partial charge on any atom is -0.455 e. The van der Waals surface area contributed by atoms with Crippen LogP contribution in [0.2, 0.25) is 0 Å². The molecule has 2 heterocycles. The highest BCUT2D eigenvalue weighted by Gasteiger charge is 2.33. The Morgan fingerprint density at radius 2 is 0.929 bits per heavy atom. The Hall–Kier alpha value is -10.4. The summed E-state index contributed by atoms with van der Waals surface area (Å²) in [5.74, 6) is 0.175. The second kappa shape index (κ2) is 19.1. The fraction of sp³-hybridized carbons (Fsp3) is 0.0513. The predicted octanol–water partition coefficient (Wildman–Crippen LogP) is 23.5. The van der Waals surface area contributed by atoms with Crippen LogP contribution in [-0.4, -0.2) is 0 Å². The van der Waals surface area contributed by atoms with Gasteiger partial charge in [0.1, 0.15) is 22.3 Å². The van der Waals surface area contributed by atoms with Crippen LogP contribution in [0.3, 0.4) is 0 Å². The molecule has 0 saturated heterocycles. The molecule has 2 aromatic heterocycles. The first-order chi connectivity index (χ1) is 41.2. The molecule has 16 rings (SSSR count). The molecule has 14 aromatic carbocycles. The van der Waals surface area contributed by atoms with Gasteiger partial charge in [-0.25, -0.2) is 0 Å². The number of benzene rings is 14. The van der Waals surface area contributed by atoms with E-state index in [-0.39, 0.29) is 5.92 Å². The average molecular weight is 1090 g/mol. The van der Waals surface area contributed by atoms with E-state index in [9.17, 15) is 0 Å². The average Bonchev–Trinajstić information content (AvgIpc) is 2.09. The van der Waals surface area contributed by atoms with Crippen molar-refractivity contribution >= 4 is 115 Å². The molecule has 0 N–H and O–H groups in total. The SMILES string of the molecule is CC(C)c1cccc2oc3c(cc(-c4ccccc4)c4cc(N(c5ccc6ccccc6c5)c5c6ccccc6c(-c6ccccc6)c6ccccc56)c5cc(-c6cccc(C(F)(F)F)c6)c6oc7c(-c8ccccc8)cccc7c6c5c43)c12. The first kappa shape index (κ1) is 49.4. The zero-order valence-corrected chi connectivity index (χ0v) is 45.8. The zero-order chi connectivity index (χ0) is 56.4. The highest BCUT2D eigenvalue weighted by molar-refractivity contribution is 6.38. The van der Waals surface area contributed by atoms with E-state index < -0.39 is 11.7 Å². The maximum Gasteiger partial charge on any atom is 0.416 e. The Balaban J connectivity index is 1.19. The fourth-order valence-corrected chi connectivity index (χ4v) is 13.5. The molecular weight excluding hydrogens is 1040 g/mol. The quantitative estimate of drug-likeness (QED) is 0.112. The lowest BCUT2D eigenvalue weighted by atomic mass is 9.86. The molecule has 0 fully saturated rings. The number of para-hydroxylation sites is 1. The van der Waals surface area contributed by atoms with Crippen molar-refractivity contribution in [1.29, 1.82) is 0 Å². The van der Waals surface area contributed by atoms with Gasteiger partial charge < -0.3 is 13.7 Å². The molecule has 0 aliphatic heterocycles. The minimum absolute atomic E-state index is 0.175. The first-order valence-corrected chi connectivity index (χ1v) is 28.5. The van der Waals surface area contributed by atoms with Crippen LogP contribution in [0.1, 0.15) is 30.9 Å². The van der Waals surface area contributed by atoms with Crippen LogP contribution in [0.25, 0.3) is 142 Å². The van der Waals surface area contributed by atoms with Crippen molar-refractivity contribution < 1.29 is 22.0 Å². The van der Waals surface area contributed by atoms with E-state index in [1.807, 2.05) is 24.3 Å². The van der Waals surface area contributed by atoms with Crippen LogP contribution in [0.15, 0.2) is 270 Å². The van der Waals surface area contributed by atoms with Crippen molar-refractivity contribution in [3.05, 3.63) is 272 Å². The van der Waals surface area contributed by atoms with Crippen LogP contribution < -0.4 is 4.90 Å². The largest absolute Gasteiger partial charge is 0.455 e. The second-order valence-corrected chi connectivity index (χ2v) is 22.3. The zero-order valence-electron chi connectivity index (χ0n) is 45.8. The van der Waals surface area contributed by atoms with E-state index in [0.717, 1.165) is 137 Å². The van der Waals surface area contributed by atoms with E-state index in [1.54, 1.807) is 6.07 Å². The summed E-state index contributed by atoms with van der Waals surface area (Å²) in [5, 5.41) is 13.4. The van der Waals surface area contributed by atoms with Gasteiger partial charge >= 0.3 is 6.18 Å². The van der Waals surface area contributed by atoms with Gasteiger partial charge in [-0.3, -0.25) is 0 Å². The van der Waals surface area contributed by atoms with Crippen molar-refractivity contribution in [2.24, 2.45) is 0 Å². The number of nitrogens with zero attached hydrogens (tertiary/aromatic N) is 1. The topological polar surface area (TPSA) is 29.5 Å². The van der Waals surface area contributed by atoms with Crippen molar-refractivity contribution in [2.45, 2.75) is 25.9 Å². The maximum atomic E-state index is 15.1. The molecular formula is C78H50F3NO2. The number of anilines is 3. The molecule has 400 valence electrons. The molecule has 16 aromatic rings. The van der Waals surface area contributed by atoms with Crippen molar-refractivity contribution in [2.75, 3.05) is 4.90 Å². The lowest BCUT2D eigenvalue weighted by molar-refractivity contribution is -0.137. The van der Waals surface area contributed by atoms with Crippen LogP contribution >= 0.6 is 0 Å². The van der Waals surface area contributed by atoms with Crippen LogP contribution in [0.4, 0.5) is 30.2 Å². The summed E-state index contributed by atoms with van der Waals surface area (Å²) in [7, 11) is 0. The third-order valence-corrected chi connectivity index (χ3v) is 17.1. The monoisotopic (exact) mass is 1090 g/mol. The van der Waals surface area contributed by atoms with Gasteiger partial charge in [0.05, 0.1) is 16.9 Å². The highest BCUT2D eigenvalue weighted by Crippen LogP contribution is 2.56. The smallest absolute Gasteiger partial charge is 0.416 e. The van der Waals surface area contributed by atoms with Crippen LogP contribution in [0, 0.1) is 0 Å². The molecule has 0 bridgehead atoms. The van der Waals surface area contributed by atoms with Gasteiger partial charge in [0, 0.05) is 65.3 Å². The second-order valence-electron chi connectivity index (χ2n) is 22.3. The third-order valence-electron chi connectivity index (χ3n) is 17.1. The van der Waals surface area contributed by atoms with E-state index in [4.69, 9.17) is 8.83 Å². The number of fused-ring (bicyclic) bond motifs is 14. The molecule has 6 heteroatoms. The van der Waals surface area contributed by atoms with Crippen molar-refractivity contribution in [3.63, 3.8) is 0 Å². The van der Waals surface area contributed by atoms with Gasteiger partial charge in [0.15, 0.2) is 0 Å². The van der Waals surface area contributed by atoms with Crippen molar-refractivity contribution in [3.8, 4) is 44.5 Å². The van der Waals surface area contributed by atoms with E-state index in [2.05, 4.69) is 231 Å². The molecule has 3 nitrogen and oxygen atoms in total. The summed E-state index contributed by atoms with van der Waals surface area (Å²) in [6.45, 7) is 4.44. The molecule has 0 amide bonds. The number of hydrogen-bond acceptors (Lipinski definition) is 3. The summed E-state index contributed by atoms with van der Waals surface area (Å²) in [5.41, 5.74) is 12.6. The normalized spacial score (nSPS) is 12.2. The highest BCUT2D eigenvalue weighted by atomic mass is 19.4. The first-order valence-electron chi connectivity index (χ1n) is 28.5. The predicted molar refractivity (Wildman–Crippen MR) is 344 cm³/mol.